The molecule has 0 saturated heterocycles. The molecule has 10 heteroatoms. The lowest BCUT2D eigenvalue weighted by Crippen LogP contribution is -2.56. The van der Waals surface area contributed by atoms with E-state index in [1.54, 1.807) is 18.2 Å². The normalized spacial score (nSPS) is 13.9. The standard InChI is InChI=1S/C22H34Cl2N4O3S/c1-4-5-17(25)20(29)27-18(10-13(2)3)22(31)28-19(12-32)21(30)26-9-8-14-6-7-15(23)11-16(14)24/h6-7,11,13,17-19,32H,4-5,8-10,12,25H2,1-3H3,(H,26,30)(H,27,29)(H,28,31)/t17-,18-,19-/m0/s1. The van der Waals surface area contributed by atoms with Crippen LogP contribution in [0.3, 0.4) is 0 Å². The van der Waals surface area contributed by atoms with Gasteiger partial charge in [-0.1, -0.05) is 56.5 Å². The number of benzene rings is 1. The predicted octanol–water partition coefficient (Wildman–Crippen LogP) is 2.73. The van der Waals surface area contributed by atoms with Gasteiger partial charge >= 0.3 is 0 Å². The van der Waals surface area contributed by atoms with E-state index in [1.165, 1.54) is 0 Å². The number of hydrogen-bond acceptors (Lipinski definition) is 5. The lowest BCUT2D eigenvalue weighted by Gasteiger charge is -2.24. The summed E-state index contributed by atoms with van der Waals surface area (Å²) < 4.78 is 0. The van der Waals surface area contributed by atoms with Crippen molar-refractivity contribution in [3.05, 3.63) is 33.8 Å². The van der Waals surface area contributed by atoms with Gasteiger partial charge < -0.3 is 21.7 Å². The summed E-state index contributed by atoms with van der Waals surface area (Å²) in [6, 6.07) is 2.88. The van der Waals surface area contributed by atoms with E-state index in [1.807, 2.05) is 20.8 Å². The summed E-state index contributed by atoms with van der Waals surface area (Å²) in [7, 11) is 0. The van der Waals surface area contributed by atoms with Gasteiger partial charge in [-0.25, -0.2) is 0 Å². The van der Waals surface area contributed by atoms with E-state index in [2.05, 4.69) is 28.6 Å². The van der Waals surface area contributed by atoms with Gasteiger partial charge in [0, 0.05) is 22.3 Å². The monoisotopic (exact) mass is 504 g/mol. The van der Waals surface area contributed by atoms with Crippen LogP contribution in [0, 0.1) is 5.92 Å². The van der Waals surface area contributed by atoms with Gasteiger partial charge in [-0.2, -0.15) is 12.6 Å². The van der Waals surface area contributed by atoms with Crippen LogP contribution in [0.15, 0.2) is 18.2 Å². The molecule has 3 atom stereocenters. The highest BCUT2D eigenvalue weighted by Crippen LogP contribution is 2.21. The Morgan fingerprint density at radius 1 is 1.06 bits per heavy atom. The van der Waals surface area contributed by atoms with E-state index in [0.29, 0.717) is 35.9 Å². The summed E-state index contributed by atoms with van der Waals surface area (Å²) in [4.78, 5) is 37.7. The second-order valence-corrected chi connectivity index (χ2v) is 9.32. The largest absolute Gasteiger partial charge is 0.354 e. The van der Waals surface area contributed by atoms with Crippen LogP contribution in [-0.2, 0) is 20.8 Å². The molecule has 3 amide bonds. The molecule has 0 aromatic heterocycles. The minimum absolute atomic E-state index is 0.108. The number of rotatable bonds is 13. The third kappa shape index (κ3) is 9.98. The van der Waals surface area contributed by atoms with Gasteiger partial charge in [-0.3, -0.25) is 14.4 Å². The first-order valence-corrected chi connectivity index (χ1v) is 12.2. The molecule has 0 aliphatic carbocycles. The predicted molar refractivity (Wildman–Crippen MR) is 133 cm³/mol. The average Bonchev–Trinajstić information content (AvgIpc) is 2.72. The van der Waals surface area contributed by atoms with E-state index in [9.17, 15) is 14.4 Å². The third-order valence-electron chi connectivity index (χ3n) is 4.80. The first-order chi connectivity index (χ1) is 15.1. The minimum atomic E-state index is -0.845. The van der Waals surface area contributed by atoms with Crippen molar-refractivity contribution in [1.29, 1.82) is 0 Å². The van der Waals surface area contributed by atoms with Gasteiger partial charge in [-0.15, -0.1) is 0 Å². The van der Waals surface area contributed by atoms with Gasteiger partial charge in [-0.05, 0) is 42.9 Å². The van der Waals surface area contributed by atoms with Crippen molar-refractivity contribution in [3.8, 4) is 0 Å². The molecule has 0 radical (unpaired) electrons. The van der Waals surface area contributed by atoms with Crippen LogP contribution in [0.2, 0.25) is 10.0 Å². The third-order valence-corrected chi connectivity index (χ3v) is 5.75. The van der Waals surface area contributed by atoms with E-state index in [0.717, 1.165) is 12.0 Å². The smallest absolute Gasteiger partial charge is 0.243 e. The number of carbonyl (C=O) groups excluding carboxylic acids is 3. The lowest BCUT2D eigenvalue weighted by atomic mass is 10.0. The number of nitrogens with two attached hydrogens (primary N) is 1. The second kappa shape index (κ2) is 14.6. The fourth-order valence-corrected chi connectivity index (χ4v) is 3.82. The van der Waals surface area contributed by atoms with Gasteiger partial charge in [0.15, 0.2) is 0 Å². The fraction of sp³-hybridized carbons (Fsp3) is 0.591. The Kier molecular flexibility index (Phi) is 13.0. The van der Waals surface area contributed by atoms with Crippen LogP contribution >= 0.6 is 35.8 Å². The first kappa shape index (κ1) is 28.6. The van der Waals surface area contributed by atoms with Gasteiger partial charge in [0.05, 0.1) is 6.04 Å². The number of hydrogen-bond donors (Lipinski definition) is 5. The molecule has 0 saturated carbocycles. The zero-order chi connectivity index (χ0) is 24.3. The summed E-state index contributed by atoms with van der Waals surface area (Å²) in [6.45, 7) is 6.16. The highest BCUT2D eigenvalue weighted by molar-refractivity contribution is 7.80. The maximum Gasteiger partial charge on any atom is 0.243 e. The van der Waals surface area contributed by atoms with Crippen LogP contribution in [0.1, 0.15) is 45.6 Å². The summed E-state index contributed by atoms with van der Waals surface area (Å²) in [6.07, 6.45) is 2.22. The molecule has 7 nitrogen and oxygen atoms in total. The van der Waals surface area contributed by atoms with Gasteiger partial charge in [0.25, 0.3) is 0 Å². The minimum Gasteiger partial charge on any atom is -0.354 e. The molecule has 5 N–H and O–H groups in total. The Balaban J connectivity index is 2.68. The number of nitrogens with one attached hydrogen (secondary N) is 3. The van der Waals surface area contributed by atoms with Crippen LogP contribution in [0.4, 0.5) is 0 Å². The Morgan fingerprint density at radius 3 is 2.28 bits per heavy atom. The quantitative estimate of drug-likeness (QED) is 0.265. The van der Waals surface area contributed by atoms with Crippen molar-refractivity contribution in [2.75, 3.05) is 12.3 Å². The summed E-state index contributed by atoms with van der Waals surface area (Å²) >= 11 is 16.2. The van der Waals surface area contributed by atoms with Crippen LogP contribution in [0.25, 0.3) is 0 Å². The maximum absolute atomic E-state index is 12.8. The van der Waals surface area contributed by atoms with Gasteiger partial charge in [0.1, 0.15) is 12.1 Å². The highest BCUT2D eigenvalue weighted by Gasteiger charge is 2.27. The topological polar surface area (TPSA) is 113 Å². The van der Waals surface area contributed by atoms with E-state index in [-0.39, 0.29) is 23.5 Å². The van der Waals surface area contributed by atoms with Crippen molar-refractivity contribution in [1.82, 2.24) is 16.0 Å². The SMILES string of the molecule is CCC[C@H](N)C(=O)N[C@@H](CC(C)C)C(=O)N[C@@H](CS)C(=O)NCCc1ccc(Cl)cc1Cl. The van der Waals surface area contributed by atoms with Crippen LogP contribution < -0.4 is 21.7 Å². The number of halogens is 2. The summed E-state index contributed by atoms with van der Waals surface area (Å²) in [5, 5.41) is 9.26. The molecule has 0 spiro atoms. The van der Waals surface area contributed by atoms with Crippen LogP contribution in [0.5, 0.6) is 0 Å². The molecule has 1 rings (SSSR count). The molecule has 32 heavy (non-hydrogen) atoms. The molecule has 0 aliphatic heterocycles. The van der Waals surface area contributed by atoms with E-state index in [4.69, 9.17) is 28.9 Å². The fourth-order valence-electron chi connectivity index (χ4n) is 3.06. The molecule has 0 heterocycles. The molecule has 1 aromatic rings. The van der Waals surface area contributed by atoms with Crippen molar-refractivity contribution in [2.45, 2.75) is 64.6 Å². The molecule has 180 valence electrons. The zero-order valence-electron chi connectivity index (χ0n) is 18.8. The molecule has 0 bridgehead atoms. The molecular formula is C22H34Cl2N4O3S. The Hall–Kier alpha value is -1.48. The summed E-state index contributed by atoms with van der Waals surface area (Å²) in [5.74, 6) is -0.918. The molecule has 1 aromatic carbocycles. The van der Waals surface area contributed by atoms with E-state index >= 15 is 0 Å². The Morgan fingerprint density at radius 2 is 1.72 bits per heavy atom. The number of amides is 3. The molecule has 0 unspecified atom stereocenters. The van der Waals surface area contributed by atoms with Gasteiger partial charge in [0.2, 0.25) is 17.7 Å². The molecular weight excluding hydrogens is 471 g/mol. The van der Waals surface area contributed by atoms with Crippen molar-refractivity contribution in [3.63, 3.8) is 0 Å². The number of thiol groups is 1. The molecule has 0 fully saturated rings. The average molecular weight is 506 g/mol. The second-order valence-electron chi connectivity index (χ2n) is 8.11. The van der Waals surface area contributed by atoms with Crippen molar-refractivity contribution in [2.24, 2.45) is 11.7 Å². The van der Waals surface area contributed by atoms with Crippen molar-refractivity contribution >= 4 is 53.6 Å². The van der Waals surface area contributed by atoms with E-state index < -0.39 is 24.0 Å². The lowest BCUT2D eigenvalue weighted by molar-refractivity contribution is -0.132. The maximum atomic E-state index is 12.8. The Labute approximate surface area is 206 Å². The summed E-state index contributed by atoms with van der Waals surface area (Å²) in [5.41, 5.74) is 6.72. The zero-order valence-corrected chi connectivity index (χ0v) is 21.2. The number of carbonyl (C=O) groups is 3. The van der Waals surface area contributed by atoms with Crippen molar-refractivity contribution < 1.29 is 14.4 Å². The highest BCUT2D eigenvalue weighted by atomic mass is 35.5. The van der Waals surface area contributed by atoms with Crippen LogP contribution in [-0.4, -0.2) is 48.1 Å². The Bertz CT molecular complexity index is 780. The molecule has 0 aliphatic rings. The first-order valence-electron chi connectivity index (χ1n) is 10.8.